The number of hydrogen-bond donors (Lipinski definition) is 0. The van der Waals surface area contributed by atoms with Crippen molar-refractivity contribution in [2.45, 2.75) is 44.9 Å². The zero-order valence-corrected chi connectivity index (χ0v) is 15.1. The fourth-order valence-electron chi connectivity index (χ4n) is 2.94. The predicted octanol–water partition coefficient (Wildman–Crippen LogP) is 3.29. The van der Waals surface area contributed by atoms with E-state index in [1.165, 1.54) is 12.1 Å². The monoisotopic (exact) mass is 338 g/mol. The molecule has 2 rings (SSSR count). The maximum atomic E-state index is 13.1. The van der Waals surface area contributed by atoms with Gasteiger partial charge >= 0.3 is 6.09 Å². The number of likely N-dealkylation sites (N-methyl/N-ethyl adjacent to an activating group) is 1. The Morgan fingerprint density at radius 1 is 1.29 bits per heavy atom. The number of halogens is 1. The number of carbonyl (C=O) groups is 1. The van der Waals surface area contributed by atoms with E-state index in [-0.39, 0.29) is 24.1 Å². The summed E-state index contributed by atoms with van der Waals surface area (Å²) in [7, 11) is 3.61. The van der Waals surface area contributed by atoms with Crippen LogP contribution in [0, 0.1) is 5.82 Å². The number of piperidine rings is 1. The molecule has 1 aliphatic rings. The SMILES string of the molecule is CO[C@H]1CN(C(=O)OC(C)(C)C)CC[C@H]1N(C)c1ccc(F)cc1. The lowest BCUT2D eigenvalue weighted by molar-refractivity contribution is -0.0133. The van der Waals surface area contributed by atoms with Gasteiger partial charge in [-0.3, -0.25) is 0 Å². The van der Waals surface area contributed by atoms with E-state index in [2.05, 4.69) is 4.90 Å². The topological polar surface area (TPSA) is 42.0 Å². The first-order chi connectivity index (χ1) is 11.2. The summed E-state index contributed by atoms with van der Waals surface area (Å²) in [5, 5.41) is 0. The van der Waals surface area contributed by atoms with Gasteiger partial charge in [-0.15, -0.1) is 0 Å². The maximum Gasteiger partial charge on any atom is 0.410 e. The van der Waals surface area contributed by atoms with Crippen molar-refractivity contribution in [3.05, 3.63) is 30.1 Å². The average molecular weight is 338 g/mol. The number of amides is 1. The minimum Gasteiger partial charge on any atom is -0.444 e. The van der Waals surface area contributed by atoms with Gasteiger partial charge in [0.25, 0.3) is 0 Å². The summed E-state index contributed by atoms with van der Waals surface area (Å²) in [6.07, 6.45) is 0.305. The number of anilines is 1. The molecule has 1 heterocycles. The van der Waals surface area contributed by atoms with Crippen molar-refractivity contribution < 1.29 is 18.7 Å². The average Bonchev–Trinajstić information content (AvgIpc) is 2.52. The molecule has 1 saturated heterocycles. The number of ether oxygens (including phenoxy) is 2. The maximum absolute atomic E-state index is 13.1. The Balaban J connectivity index is 2.04. The van der Waals surface area contributed by atoms with Gasteiger partial charge in [-0.25, -0.2) is 9.18 Å². The molecule has 0 aliphatic carbocycles. The Bertz CT molecular complexity index is 556. The molecule has 1 fully saturated rings. The minimum absolute atomic E-state index is 0.110. The Kier molecular flexibility index (Phi) is 5.70. The summed E-state index contributed by atoms with van der Waals surface area (Å²) >= 11 is 0. The molecule has 6 heteroatoms. The summed E-state index contributed by atoms with van der Waals surface area (Å²) in [5.74, 6) is -0.254. The van der Waals surface area contributed by atoms with Crippen LogP contribution in [-0.2, 0) is 9.47 Å². The molecule has 1 aliphatic heterocycles. The van der Waals surface area contributed by atoms with Crippen molar-refractivity contribution in [1.29, 1.82) is 0 Å². The van der Waals surface area contributed by atoms with Gasteiger partial charge in [-0.2, -0.15) is 0 Å². The van der Waals surface area contributed by atoms with E-state index in [0.717, 1.165) is 12.1 Å². The molecule has 24 heavy (non-hydrogen) atoms. The molecular formula is C18H27FN2O3. The van der Waals surface area contributed by atoms with Crippen molar-refractivity contribution in [2.24, 2.45) is 0 Å². The third kappa shape index (κ3) is 4.60. The lowest BCUT2D eigenvalue weighted by Gasteiger charge is -2.42. The first-order valence-electron chi connectivity index (χ1n) is 8.20. The van der Waals surface area contributed by atoms with Crippen LogP contribution in [0.5, 0.6) is 0 Å². The van der Waals surface area contributed by atoms with Crippen LogP contribution in [-0.4, -0.2) is 56.0 Å². The first-order valence-corrected chi connectivity index (χ1v) is 8.20. The molecule has 1 amide bonds. The second-order valence-electron chi connectivity index (χ2n) is 7.14. The van der Waals surface area contributed by atoms with Gasteiger partial charge in [0.15, 0.2) is 0 Å². The van der Waals surface area contributed by atoms with Gasteiger partial charge < -0.3 is 19.3 Å². The van der Waals surface area contributed by atoms with Crippen LogP contribution in [0.25, 0.3) is 0 Å². The summed E-state index contributed by atoms with van der Waals surface area (Å²) < 4.78 is 24.2. The minimum atomic E-state index is -0.512. The standard InChI is InChI=1S/C18H27FN2O3/c1-18(2,3)24-17(22)21-11-10-15(16(12-21)23-5)20(4)14-8-6-13(19)7-9-14/h6-9,15-16H,10-12H2,1-5H3/t15-,16+/m1/s1. The molecular weight excluding hydrogens is 311 g/mol. The highest BCUT2D eigenvalue weighted by atomic mass is 19.1. The molecule has 1 aromatic rings. The van der Waals surface area contributed by atoms with E-state index >= 15 is 0 Å². The number of benzene rings is 1. The van der Waals surface area contributed by atoms with Crippen LogP contribution in [0.1, 0.15) is 27.2 Å². The van der Waals surface area contributed by atoms with Crippen LogP contribution in [0.4, 0.5) is 14.9 Å². The fraction of sp³-hybridized carbons (Fsp3) is 0.611. The number of nitrogens with zero attached hydrogens (tertiary/aromatic N) is 2. The van der Waals surface area contributed by atoms with E-state index in [9.17, 15) is 9.18 Å². The van der Waals surface area contributed by atoms with Gasteiger partial charge in [0.2, 0.25) is 0 Å². The lowest BCUT2D eigenvalue weighted by atomic mass is 10.00. The second kappa shape index (κ2) is 7.38. The zero-order chi connectivity index (χ0) is 17.9. The van der Waals surface area contributed by atoms with Crippen LogP contribution < -0.4 is 4.90 Å². The molecule has 5 nitrogen and oxygen atoms in total. The summed E-state index contributed by atoms with van der Waals surface area (Å²) in [6, 6.07) is 6.51. The molecule has 134 valence electrons. The number of rotatable bonds is 3. The van der Waals surface area contributed by atoms with E-state index in [4.69, 9.17) is 9.47 Å². The number of methoxy groups -OCH3 is 1. The number of carbonyl (C=O) groups excluding carboxylic acids is 1. The van der Waals surface area contributed by atoms with Crippen LogP contribution in [0.2, 0.25) is 0 Å². The summed E-state index contributed by atoms with van der Waals surface area (Å²) in [6.45, 7) is 6.64. The Morgan fingerprint density at radius 2 is 1.92 bits per heavy atom. The van der Waals surface area contributed by atoms with E-state index in [1.54, 1.807) is 24.1 Å². The smallest absolute Gasteiger partial charge is 0.410 e. The molecule has 0 unspecified atom stereocenters. The van der Waals surface area contributed by atoms with E-state index < -0.39 is 5.60 Å². The molecule has 2 atom stereocenters. The van der Waals surface area contributed by atoms with Gasteiger partial charge in [0.1, 0.15) is 11.4 Å². The quantitative estimate of drug-likeness (QED) is 0.848. The van der Waals surface area contributed by atoms with Gasteiger partial charge in [-0.1, -0.05) is 0 Å². The highest BCUT2D eigenvalue weighted by molar-refractivity contribution is 5.68. The third-order valence-electron chi connectivity index (χ3n) is 4.21. The number of hydrogen-bond acceptors (Lipinski definition) is 4. The van der Waals surface area contributed by atoms with Crippen molar-refractivity contribution in [2.75, 3.05) is 32.1 Å². The molecule has 0 radical (unpaired) electrons. The first kappa shape index (κ1) is 18.5. The van der Waals surface area contributed by atoms with Crippen molar-refractivity contribution in [3.8, 4) is 0 Å². The van der Waals surface area contributed by atoms with Gasteiger partial charge in [0.05, 0.1) is 18.7 Å². The molecule has 0 spiro atoms. The van der Waals surface area contributed by atoms with Crippen LogP contribution in [0.3, 0.4) is 0 Å². The van der Waals surface area contributed by atoms with E-state index in [0.29, 0.717) is 13.1 Å². The highest BCUT2D eigenvalue weighted by Gasteiger charge is 2.35. The molecule has 0 aromatic heterocycles. The van der Waals surface area contributed by atoms with Gasteiger partial charge in [-0.05, 0) is 51.5 Å². The van der Waals surface area contributed by atoms with Crippen molar-refractivity contribution in [1.82, 2.24) is 4.90 Å². The van der Waals surface area contributed by atoms with Crippen molar-refractivity contribution >= 4 is 11.8 Å². The summed E-state index contributed by atoms with van der Waals surface area (Å²) in [4.78, 5) is 16.0. The lowest BCUT2D eigenvalue weighted by Crippen LogP contribution is -2.56. The molecule has 1 aromatic carbocycles. The Morgan fingerprint density at radius 3 is 2.46 bits per heavy atom. The Hall–Kier alpha value is -1.82. The van der Waals surface area contributed by atoms with Crippen LogP contribution in [0.15, 0.2) is 24.3 Å². The van der Waals surface area contributed by atoms with Crippen molar-refractivity contribution in [3.63, 3.8) is 0 Å². The normalized spacial score (nSPS) is 21.5. The van der Waals surface area contributed by atoms with Crippen LogP contribution >= 0.6 is 0 Å². The summed E-state index contributed by atoms with van der Waals surface area (Å²) in [5.41, 5.74) is 0.413. The zero-order valence-electron chi connectivity index (χ0n) is 15.1. The number of likely N-dealkylation sites (tertiary alicyclic amines) is 1. The van der Waals surface area contributed by atoms with E-state index in [1.807, 2.05) is 27.8 Å². The highest BCUT2D eigenvalue weighted by Crippen LogP contribution is 2.25. The largest absolute Gasteiger partial charge is 0.444 e. The Labute approximate surface area is 143 Å². The van der Waals surface area contributed by atoms with Gasteiger partial charge in [0, 0.05) is 26.4 Å². The fourth-order valence-corrected chi connectivity index (χ4v) is 2.94. The molecule has 0 bridgehead atoms. The molecule has 0 saturated carbocycles. The predicted molar refractivity (Wildman–Crippen MR) is 91.8 cm³/mol. The molecule has 0 N–H and O–H groups in total. The second-order valence-corrected chi connectivity index (χ2v) is 7.14. The third-order valence-corrected chi connectivity index (χ3v) is 4.21.